The second-order valence-corrected chi connectivity index (χ2v) is 9.66. The fourth-order valence-corrected chi connectivity index (χ4v) is 6.16. The molecule has 1 aromatic carbocycles. The summed E-state index contributed by atoms with van der Waals surface area (Å²) >= 11 is 0. The Balaban J connectivity index is 1.58. The number of piperidine rings is 1. The quantitative estimate of drug-likeness (QED) is 0.779. The van der Waals surface area contributed by atoms with Gasteiger partial charge >= 0.3 is 10.2 Å². The molecule has 1 saturated carbocycles. The molecule has 1 aliphatic carbocycles. The first kappa shape index (κ1) is 19.9. The Kier molecular flexibility index (Phi) is 5.89. The standard InChI is InChI=1S/C23H27N3O2S/c1-18-14-16-26(23-11-5-3-9-21(18)23)29(27,28)25-22-10-4-2-8-20(22)13-12-19-7-6-15-24-17-19/h2,4,6-8,10,15,17-18,21,23,25H,3,5,9,11,14,16H2,1H3. The number of aromatic nitrogens is 1. The van der Waals surface area contributed by atoms with E-state index in [1.54, 1.807) is 22.8 Å². The molecule has 29 heavy (non-hydrogen) atoms. The van der Waals surface area contributed by atoms with Crippen LogP contribution in [0, 0.1) is 23.7 Å². The maximum Gasteiger partial charge on any atom is 0.301 e. The summed E-state index contributed by atoms with van der Waals surface area (Å²) in [6, 6.07) is 11.1. The summed E-state index contributed by atoms with van der Waals surface area (Å²) in [5.74, 6) is 7.19. The van der Waals surface area contributed by atoms with Crippen molar-refractivity contribution in [2.45, 2.75) is 45.1 Å². The Hall–Kier alpha value is -2.36. The van der Waals surface area contributed by atoms with Gasteiger partial charge in [0.05, 0.1) is 5.69 Å². The third-order valence-electron chi connectivity index (χ3n) is 6.16. The number of hydrogen-bond donors (Lipinski definition) is 1. The van der Waals surface area contributed by atoms with Crippen molar-refractivity contribution in [3.05, 3.63) is 59.9 Å². The van der Waals surface area contributed by atoms with Crippen molar-refractivity contribution in [2.75, 3.05) is 11.3 Å². The molecule has 0 bridgehead atoms. The van der Waals surface area contributed by atoms with Gasteiger partial charge in [-0.1, -0.05) is 43.7 Å². The van der Waals surface area contributed by atoms with Gasteiger partial charge in [0.2, 0.25) is 0 Å². The van der Waals surface area contributed by atoms with Crippen LogP contribution in [0.15, 0.2) is 48.8 Å². The van der Waals surface area contributed by atoms with Crippen molar-refractivity contribution in [1.82, 2.24) is 9.29 Å². The molecule has 1 aromatic heterocycles. The van der Waals surface area contributed by atoms with Gasteiger partial charge in [-0.2, -0.15) is 12.7 Å². The van der Waals surface area contributed by atoms with Crippen LogP contribution < -0.4 is 4.72 Å². The summed E-state index contributed by atoms with van der Waals surface area (Å²) in [6.07, 6.45) is 8.71. The average molecular weight is 410 g/mol. The number of anilines is 1. The minimum Gasteiger partial charge on any atom is -0.270 e. The van der Waals surface area contributed by atoms with Gasteiger partial charge in [-0.15, -0.1) is 0 Å². The highest BCUT2D eigenvalue weighted by molar-refractivity contribution is 7.90. The summed E-state index contributed by atoms with van der Waals surface area (Å²) in [7, 11) is -3.63. The van der Waals surface area contributed by atoms with Gasteiger partial charge in [-0.05, 0) is 55.4 Å². The van der Waals surface area contributed by atoms with Crippen LogP contribution in [0.25, 0.3) is 0 Å². The predicted molar refractivity (Wildman–Crippen MR) is 115 cm³/mol. The Morgan fingerprint density at radius 1 is 1.07 bits per heavy atom. The van der Waals surface area contributed by atoms with Crippen LogP contribution in [0.2, 0.25) is 0 Å². The van der Waals surface area contributed by atoms with Crippen LogP contribution >= 0.6 is 0 Å². The van der Waals surface area contributed by atoms with Crippen molar-refractivity contribution < 1.29 is 8.42 Å². The second kappa shape index (κ2) is 8.56. The molecule has 2 aliphatic rings. The Bertz CT molecular complexity index is 1010. The highest BCUT2D eigenvalue weighted by Gasteiger charge is 2.42. The number of rotatable bonds is 3. The largest absolute Gasteiger partial charge is 0.301 e. The van der Waals surface area contributed by atoms with E-state index < -0.39 is 10.2 Å². The summed E-state index contributed by atoms with van der Waals surface area (Å²) in [5.41, 5.74) is 1.97. The topological polar surface area (TPSA) is 62.3 Å². The highest BCUT2D eigenvalue weighted by atomic mass is 32.2. The van der Waals surface area contributed by atoms with Crippen LogP contribution in [0.5, 0.6) is 0 Å². The zero-order chi connectivity index (χ0) is 20.3. The van der Waals surface area contributed by atoms with E-state index in [-0.39, 0.29) is 6.04 Å². The minimum absolute atomic E-state index is 0.110. The van der Waals surface area contributed by atoms with Gasteiger partial charge in [0.25, 0.3) is 0 Å². The van der Waals surface area contributed by atoms with E-state index in [1.807, 2.05) is 30.3 Å². The molecular formula is C23H27N3O2S. The fraction of sp³-hybridized carbons (Fsp3) is 0.435. The van der Waals surface area contributed by atoms with Crippen molar-refractivity contribution in [1.29, 1.82) is 0 Å². The monoisotopic (exact) mass is 409 g/mol. The maximum atomic E-state index is 13.3. The van der Waals surface area contributed by atoms with Crippen LogP contribution in [-0.2, 0) is 10.2 Å². The molecule has 2 aromatic rings. The molecule has 1 aliphatic heterocycles. The molecule has 0 radical (unpaired) electrons. The summed E-state index contributed by atoms with van der Waals surface area (Å²) < 4.78 is 31.1. The zero-order valence-corrected chi connectivity index (χ0v) is 17.5. The molecule has 1 saturated heterocycles. The number of benzene rings is 1. The minimum atomic E-state index is -3.63. The number of pyridine rings is 1. The molecule has 3 atom stereocenters. The number of hydrogen-bond acceptors (Lipinski definition) is 3. The Morgan fingerprint density at radius 2 is 1.90 bits per heavy atom. The first-order valence-electron chi connectivity index (χ1n) is 10.4. The van der Waals surface area contributed by atoms with Crippen molar-refractivity contribution >= 4 is 15.9 Å². The van der Waals surface area contributed by atoms with Crippen LogP contribution in [0.4, 0.5) is 5.69 Å². The molecule has 2 fully saturated rings. The lowest BCUT2D eigenvalue weighted by Crippen LogP contribution is -2.53. The normalized spacial score (nSPS) is 24.8. The molecule has 6 heteroatoms. The average Bonchev–Trinajstić information content (AvgIpc) is 2.74. The third kappa shape index (κ3) is 4.47. The molecule has 3 unspecified atom stereocenters. The summed E-state index contributed by atoms with van der Waals surface area (Å²) in [6.45, 7) is 2.85. The lowest BCUT2D eigenvalue weighted by molar-refractivity contribution is 0.0832. The molecule has 152 valence electrons. The molecule has 0 spiro atoms. The van der Waals surface area contributed by atoms with E-state index in [9.17, 15) is 8.42 Å². The SMILES string of the molecule is CC1CCN(S(=O)(=O)Nc2ccccc2C#Cc2cccnc2)C2CCCCC12. The molecule has 1 N–H and O–H groups in total. The molecule has 5 nitrogen and oxygen atoms in total. The second-order valence-electron chi connectivity index (χ2n) is 8.04. The smallest absolute Gasteiger partial charge is 0.270 e. The van der Waals surface area contributed by atoms with E-state index in [1.165, 1.54) is 6.42 Å². The number of fused-ring (bicyclic) bond motifs is 1. The molecular weight excluding hydrogens is 382 g/mol. The first-order valence-corrected chi connectivity index (χ1v) is 11.8. The first-order chi connectivity index (χ1) is 14.0. The van der Waals surface area contributed by atoms with E-state index in [2.05, 4.69) is 28.5 Å². The van der Waals surface area contributed by atoms with Gasteiger partial charge in [-0.25, -0.2) is 0 Å². The van der Waals surface area contributed by atoms with E-state index in [0.29, 0.717) is 29.6 Å². The number of para-hydroxylation sites is 1. The Labute approximate surface area is 173 Å². The predicted octanol–water partition coefficient (Wildman–Crippen LogP) is 4.04. The van der Waals surface area contributed by atoms with Gasteiger partial charge in [-0.3, -0.25) is 9.71 Å². The summed E-state index contributed by atoms with van der Waals surface area (Å²) in [5, 5.41) is 0. The van der Waals surface area contributed by atoms with Gasteiger partial charge < -0.3 is 0 Å². The number of nitrogens with zero attached hydrogens (tertiary/aromatic N) is 2. The van der Waals surface area contributed by atoms with E-state index >= 15 is 0 Å². The highest BCUT2D eigenvalue weighted by Crippen LogP contribution is 2.40. The fourth-order valence-electron chi connectivity index (χ4n) is 4.63. The third-order valence-corrected chi connectivity index (χ3v) is 7.71. The van der Waals surface area contributed by atoms with Crippen LogP contribution in [-0.4, -0.2) is 30.3 Å². The van der Waals surface area contributed by atoms with E-state index in [4.69, 9.17) is 0 Å². The lowest BCUT2D eigenvalue weighted by atomic mass is 9.74. The van der Waals surface area contributed by atoms with E-state index in [0.717, 1.165) is 31.2 Å². The van der Waals surface area contributed by atoms with Gasteiger partial charge in [0.1, 0.15) is 0 Å². The van der Waals surface area contributed by atoms with Crippen LogP contribution in [0.1, 0.15) is 50.2 Å². The van der Waals surface area contributed by atoms with Crippen LogP contribution in [0.3, 0.4) is 0 Å². The lowest BCUT2D eigenvalue weighted by Gasteiger charge is -2.46. The molecule has 0 amide bonds. The maximum absolute atomic E-state index is 13.3. The van der Waals surface area contributed by atoms with Crippen molar-refractivity contribution in [2.24, 2.45) is 11.8 Å². The molecule has 4 rings (SSSR count). The van der Waals surface area contributed by atoms with Crippen molar-refractivity contribution in [3.8, 4) is 11.8 Å². The number of nitrogens with one attached hydrogen (secondary N) is 1. The van der Waals surface area contributed by atoms with Gasteiger partial charge in [0.15, 0.2) is 0 Å². The Morgan fingerprint density at radius 3 is 2.72 bits per heavy atom. The van der Waals surface area contributed by atoms with Gasteiger partial charge in [0, 0.05) is 36.1 Å². The summed E-state index contributed by atoms with van der Waals surface area (Å²) in [4.78, 5) is 4.06. The molecule has 2 heterocycles. The van der Waals surface area contributed by atoms with Crippen molar-refractivity contribution in [3.63, 3.8) is 0 Å². The zero-order valence-electron chi connectivity index (χ0n) is 16.7.